The Morgan fingerprint density at radius 2 is 1.45 bits per heavy atom. The summed E-state index contributed by atoms with van der Waals surface area (Å²) in [7, 11) is -2.05. The molecule has 0 aromatic heterocycles. The predicted octanol–water partition coefficient (Wildman–Crippen LogP) is 4.51. The van der Waals surface area contributed by atoms with E-state index in [1.807, 2.05) is 74.5 Å². The highest BCUT2D eigenvalue weighted by Crippen LogP contribution is 2.29. The summed E-state index contributed by atoms with van der Waals surface area (Å²) in [6.45, 7) is 7.23. The lowest BCUT2D eigenvalue weighted by atomic mass is 9.84. The minimum atomic E-state index is -3.85. The lowest BCUT2D eigenvalue weighted by Gasteiger charge is -2.35. The van der Waals surface area contributed by atoms with E-state index >= 15 is 0 Å². The summed E-state index contributed by atoms with van der Waals surface area (Å²) >= 11 is 0. The molecule has 3 aromatic carbocycles. The number of nitrogens with two attached hydrogens (primary N) is 1. The average molecular weight is 595 g/mol. The monoisotopic (exact) mass is 594 g/mol. The Balaban J connectivity index is 1.72. The maximum Gasteiger partial charge on any atom is 0.243 e. The SMILES string of the molecule is CNC(C(=O)NC(C)(C)CCCC(CO)N(C(C)C)S(=O)(=O)c1ccc(N)cc1)C(c1ccccc1)c1ccccc1. The summed E-state index contributed by atoms with van der Waals surface area (Å²) < 4.78 is 28.4. The minimum Gasteiger partial charge on any atom is -0.399 e. The van der Waals surface area contributed by atoms with Gasteiger partial charge in [-0.1, -0.05) is 60.7 Å². The van der Waals surface area contributed by atoms with Gasteiger partial charge >= 0.3 is 0 Å². The lowest BCUT2D eigenvalue weighted by molar-refractivity contribution is -0.125. The van der Waals surface area contributed by atoms with E-state index in [4.69, 9.17) is 5.73 Å². The zero-order chi connectivity index (χ0) is 30.9. The maximum absolute atomic E-state index is 13.7. The maximum atomic E-state index is 13.7. The number of anilines is 1. The summed E-state index contributed by atoms with van der Waals surface area (Å²) in [4.78, 5) is 13.9. The van der Waals surface area contributed by atoms with Crippen LogP contribution < -0.4 is 16.4 Å². The molecule has 2 unspecified atom stereocenters. The molecule has 0 heterocycles. The normalized spacial score (nSPS) is 13.8. The van der Waals surface area contributed by atoms with Gasteiger partial charge in [-0.2, -0.15) is 4.31 Å². The molecule has 0 aliphatic carbocycles. The first-order chi connectivity index (χ1) is 19.9. The number of benzene rings is 3. The van der Waals surface area contributed by atoms with Crippen molar-refractivity contribution in [3.63, 3.8) is 0 Å². The van der Waals surface area contributed by atoms with Gasteiger partial charge in [0.2, 0.25) is 15.9 Å². The third-order valence-electron chi connectivity index (χ3n) is 7.58. The van der Waals surface area contributed by atoms with Crippen molar-refractivity contribution >= 4 is 21.6 Å². The van der Waals surface area contributed by atoms with Crippen molar-refractivity contribution in [2.75, 3.05) is 19.4 Å². The second-order valence-electron chi connectivity index (χ2n) is 11.7. The molecule has 42 heavy (non-hydrogen) atoms. The van der Waals surface area contributed by atoms with Crippen LogP contribution in [-0.4, -0.2) is 61.1 Å². The Bertz CT molecular complexity index is 1320. The molecule has 0 aliphatic heterocycles. The van der Waals surface area contributed by atoms with Crippen LogP contribution >= 0.6 is 0 Å². The molecule has 0 bridgehead atoms. The minimum absolute atomic E-state index is 0.117. The Labute approximate surface area is 251 Å². The lowest BCUT2D eigenvalue weighted by Crippen LogP contribution is -2.53. The van der Waals surface area contributed by atoms with Crippen LogP contribution in [0, 0.1) is 0 Å². The van der Waals surface area contributed by atoms with Crippen molar-refractivity contribution in [1.82, 2.24) is 14.9 Å². The first-order valence-electron chi connectivity index (χ1n) is 14.5. The summed E-state index contributed by atoms with van der Waals surface area (Å²) in [5, 5.41) is 16.7. The number of aliphatic hydroxyl groups excluding tert-OH is 1. The molecular formula is C33H46N4O4S. The van der Waals surface area contributed by atoms with Gasteiger partial charge in [0, 0.05) is 29.2 Å². The quantitative estimate of drug-likeness (QED) is 0.192. The van der Waals surface area contributed by atoms with E-state index < -0.39 is 27.6 Å². The number of nitrogen functional groups attached to an aromatic ring is 1. The van der Waals surface area contributed by atoms with Crippen molar-refractivity contribution < 1.29 is 18.3 Å². The fourth-order valence-corrected chi connectivity index (χ4v) is 7.40. The van der Waals surface area contributed by atoms with Gasteiger partial charge in [0.1, 0.15) is 0 Å². The Morgan fingerprint density at radius 3 is 1.90 bits per heavy atom. The molecule has 0 fully saturated rings. The van der Waals surface area contributed by atoms with Gasteiger partial charge in [-0.05, 0) is 89.4 Å². The van der Waals surface area contributed by atoms with Crippen molar-refractivity contribution in [2.24, 2.45) is 0 Å². The number of likely N-dealkylation sites (N-methyl/N-ethyl adjacent to an activating group) is 1. The number of sulfonamides is 1. The summed E-state index contributed by atoms with van der Waals surface area (Å²) in [6.07, 6.45) is 1.64. The fourth-order valence-electron chi connectivity index (χ4n) is 5.56. The number of hydrogen-bond donors (Lipinski definition) is 4. The van der Waals surface area contributed by atoms with Gasteiger partial charge in [-0.25, -0.2) is 8.42 Å². The van der Waals surface area contributed by atoms with E-state index in [9.17, 15) is 18.3 Å². The standard InChI is InChI=1S/C33H46N4O4S/c1-24(2)37(42(40,41)29-20-18-27(34)19-21-29)28(23-38)17-12-22-33(3,4)36-32(39)31(35-5)30(25-13-8-6-9-14-25)26-15-10-7-11-16-26/h6-11,13-16,18-21,24,28,30-31,35,38H,12,17,22-23,34H2,1-5H3,(H,36,39). The molecule has 3 aromatic rings. The molecule has 2 atom stereocenters. The number of rotatable bonds is 15. The van der Waals surface area contributed by atoms with E-state index in [2.05, 4.69) is 10.6 Å². The Kier molecular flexibility index (Phi) is 11.7. The van der Waals surface area contributed by atoms with Crippen LogP contribution in [0.1, 0.15) is 64.0 Å². The van der Waals surface area contributed by atoms with Crippen LogP contribution in [0.25, 0.3) is 0 Å². The second kappa shape index (κ2) is 14.8. The number of carbonyl (C=O) groups is 1. The van der Waals surface area contributed by atoms with Crippen LogP contribution in [0.3, 0.4) is 0 Å². The molecule has 0 saturated heterocycles. The Morgan fingerprint density at radius 1 is 0.929 bits per heavy atom. The van der Waals surface area contributed by atoms with Crippen molar-refractivity contribution in [2.45, 2.75) is 81.4 Å². The summed E-state index contributed by atoms with van der Waals surface area (Å²) in [5.74, 6) is -0.307. The van der Waals surface area contributed by atoms with Crippen LogP contribution in [0.4, 0.5) is 5.69 Å². The number of aliphatic hydroxyl groups is 1. The molecule has 1 amide bonds. The molecule has 0 spiro atoms. The van der Waals surface area contributed by atoms with Crippen molar-refractivity contribution in [3.8, 4) is 0 Å². The van der Waals surface area contributed by atoms with Gasteiger partial charge in [0.15, 0.2) is 0 Å². The van der Waals surface area contributed by atoms with Crippen LogP contribution in [0.5, 0.6) is 0 Å². The van der Waals surface area contributed by atoms with E-state index in [1.54, 1.807) is 33.0 Å². The molecule has 0 saturated carbocycles. The molecule has 3 rings (SSSR count). The second-order valence-corrected chi connectivity index (χ2v) is 13.5. The summed E-state index contributed by atoms with van der Waals surface area (Å²) in [6, 6.07) is 24.6. The van der Waals surface area contributed by atoms with E-state index in [0.29, 0.717) is 24.9 Å². The molecule has 8 nitrogen and oxygen atoms in total. The smallest absolute Gasteiger partial charge is 0.243 e. The van der Waals surface area contributed by atoms with Gasteiger partial charge in [-0.15, -0.1) is 0 Å². The van der Waals surface area contributed by atoms with Gasteiger partial charge in [0.05, 0.1) is 17.5 Å². The van der Waals surface area contributed by atoms with Crippen molar-refractivity contribution in [1.29, 1.82) is 0 Å². The predicted molar refractivity (Wildman–Crippen MR) is 170 cm³/mol. The largest absolute Gasteiger partial charge is 0.399 e. The van der Waals surface area contributed by atoms with Gasteiger partial charge < -0.3 is 21.5 Å². The van der Waals surface area contributed by atoms with Crippen LogP contribution in [0.15, 0.2) is 89.8 Å². The molecule has 9 heteroatoms. The number of nitrogens with zero attached hydrogens (tertiary/aromatic N) is 1. The molecule has 228 valence electrons. The molecular weight excluding hydrogens is 548 g/mol. The van der Waals surface area contributed by atoms with E-state index in [1.165, 1.54) is 16.4 Å². The van der Waals surface area contributed by atoms with Gasteiger partial charge in [0.25, 0.3) is 0 Å². The van der Waals surface area contributed by atoms with Crippen molar-refractivity contribution in [3.05, 3.63) is 96.1 Å². The zero-order valence-electron chi connectivity index (χ0n) is 25.3. The molecule has 5 N–H and O–H groups in total. The summed E-state index contributed by atoms with van der Waals surface area (Å²) in [5.41, 5.74) is 7.75. The van der Waals surface area contributed by atoms with E-state index in [-0.39, 0.29) is 29.4 Å². The third-order valence-corrected chi connectivity index (χ3v) is 9.72. The highest BCUT2D eigenvalue weighted by Gasteiger charge is 2.35. The molecule has 0 radical (unpaired) electrons. The number of nitrogens with one attached hydrogen (secondary N) is 2. The highest BCUT2D eigenvalue weighted by atomic mass is 32.2. The first kappa shape index (κ1) is 33.3. The zero-order valence-corrected chi connectivity index (χ0v) is 26.1. The third kappa shape index (κ3) is 8.41. The number of hydrogen-bond acceptors (Lipinski definition) is 6. The van der Waals surface area contributed by atoms with E-state index in [0.717, 1.165) is 11.1 Å². The number of carbonyl (C=O) groups excluding carboxylic acids is 1. The first-order valence-corrected chi connectivity index (χ1v) is 15.9. The topological polar surface area (TPSA) is 125 Å². The highest BCUT2D eigenvalue weighted by molar-refractivity contribution is 7.89. The van der Waals surface area contributed by atoms with Gasteiger partial charge in [-0.3, -0.25) is 4.79 Å². The number of amides is 1. The Hall–Kier alpha value is -3.24. The van der Waals surface area contributed by atoms with Crippen LogP contribution in [0.2, 0.25) is 0 Å². The average Bonchev–Trinajstić information content (AvgIpc) is 2.95. The molecule has 0 aliphatic rings. The fraction of sp³-hybridized carbons (Fsp3) is 0.424. The van der Waals surface area contributed by atoms with Crippen LogP contribution in [-0.2, 0) is 14.8 Å².